The van der Waals surface area contributed by atoms with Crippen LogP contribution < -0.4 is 4.90 Å². The third-order valence-electron chi connectivity index (χ3n) is 3.83. The monoisotopic (exact) mass is 326 g/mol. The molecule has 114 valence electrons. The lowest BCUT2D eigenvalue weighted by atomic mass is 10.3. The van der Waals surface area contributed by atoms with Crippen LogP contribution in [0.3, 0.4) is 0 Å². The largest absolute Gasteiger partial charge is 0.312 e. The molecule has 2 fully saturated rings. The minimum atomic E-state index is -3.40. The van der Waals surface area contributed by atoms with Crippen LogP contribution >= 0.6 is 11.8 Å². The maximum atomic E-state index is 12.5. The Hall–Kier alpha value is -1.05. The van der Waals surface area contributed by atoms with Gasteiger partial charge in [-0.05, 0) is 30.7 Å². The second kappa shape index (κ2) is 5.98. The van der Waals surface area contributed by atoms with Crippen molar-refractivity contribution in [2.24, 2.45) is 0 Å². The molecule has 0 atom stereocenters. The molecule has 1 aromatic carbocycles. The number of sulfonamides is 1. The highest BCUT2D eigenvalue weighted by atomic mass is 32.2. The van der Waals surface area contributed by atoms with Crippen molar-refractivity contribution in [1.29, 1.82) is 0 Å². The minimum absolute atomic E-state index is 0.110. The van der Waals surface area contributed by atoms with Gasteiger partial charge in [-0.25, -0.2) is 8.42 Å². The van der Waals surface area contributed by atoms with Crippen LogP contribution in [0.4, 0.5) is 5.69 Å². The van der Waals surface area contributed by atoms with E-state index in [-0.39, 0.29) is 5.91 Å². The average molecular weight is 326 g/mol. The molecule has 21 heavy (non-hydrogen) atoms. The van der Waals surface area contributed by atoms with Gasteiger partial charge < -0.3 is 4.90 Å². The standard InChI is InChI=1S/C14H18N2O3S2/c17-14-2-1-7-16(14)12-3-5-13(6-4-12)21(18,19)15-8-10-20-11-9-15/h3-6H,1-2,7-11H2. The fourth-order valence-electron chi connectivity index (χ4n) is 2.66. The number of carbonyl (C=O) groups is 1. The number of thioether (sulfide) groups is 1. The first-order chi connectivity index (χ1) is 10.1. The molecule has 3 rings (SSSR count). The third-order valence-corrected chi connectivity index (χ3v) is 6.69. The van der Waals surface area contributed by atoms with Crippen LogP contribution in [-0.4, -0.2) is 49.8 Å². The second-order valence-electron chi connectivity index (χ2n) is 5.16. The Bertz CT molecular complexity index is 622. The molecule has 2 aliphatic heterocycles. The predicted molar refractivity (Wildman–Crippen MR) is 84.1 cm³/mol. The number of nitrogens with zero attached hydrogens (tertiary/aromatic N) is 2. The maximum Gasteiger partial charge on any atom is 0.243 e. The van der Waals surface area contributed by atoms with Crippen LogP contribution in [0, 0.1) is 0 Å². The highest BCUT2D eigenvalue weighted by molar-refractivity contribution is 7.99. The Labute approximate surface area is 129 Å². The topological polar surface area (TPSA) is 57.7 Å². The molecular weight excluding hydrogens is 308 g/mol. The zero-order valence-corrected chi connectivity index (χ0v) is 13.3. The zero-order chi connectivity index (χ0) is 14.9. The molecule has 0 aliphatic carbocycles. The summed E-state index contributed by atoms with van der Waals surface area (Å²) in [7, 11) is -3.40. The lowest BCUT2D eigenvalue weighted by Crippen LogP contribution is -2.37. The third kappa shape index (κ3) is 2.95. The average Bonchev–Trinajstić information content (AvgIpc) is 2.94. The van der Waals surface area contributed by atoms with Crippen LogP contribution in [0.2, 0.25) is 0 Å². The van der Waals surface area contributed by atoms with E-state index >= 15 is 0 Å². The molecule has 0 spiro atoms. The van der Waals surface area contributed by atoms with Crippen LogP contribution in [0.1, 0.15) is 12.8 Å². The van der Waals surface area contributed by atoms with Crippen molar-refractivity contribution in [2.75, 3.05) is 36.0 Å². The smallest absolute Gasteiger partial charge is 0.243 e. The molecule has 1 aromatic rings. The van der Waals surface area contributed by atoms with E-state index in [1.807, 2.05) is 0 Å². The van der Waals surface area contributed by atoms with Gasteiger partial charge in [-0.1, -0.05) is 0 Å². The summed E-state index contributed by atoms with van der Waals surface area (Å²) in [5, 5.41) is 0. The van der Waals surface area contributed by atoms with E-state index < -0.39 is 10.0 Å². The van der Waals surface area contributed by atoms with Gasteiger partial charge in [0.05, 0.1) is 4.90 Å². The number of amides is 1. The number of hydrogen-bond acceptors (Lipinski definition) is 4. The number of anilines is 1. The van der Waals surface area contributed by atoms with E-state index in [1.165, 1.54) is 0 Å². The van der Waals surface area contributed by atoms with Crippen LogP contribution in [0.25, 0.3) is 0 Å². The Morgan fingerprint density at radius 2 is 1.67 bits per heavy atom. The molecule has 0 saturated carbocycles. The van der Waals surface area contributed by atoms with Crippen molar-refractivity contribution in [3.8, 4) is 0 Å². The van der Waals surface area contributed by atoms with Gasteiger partial charge in [-0.15, -0.1) is 0 Å². The summed E-state index contributed by atoms with van der Waals surface area (Å²) in [5.41, 5.74) is 0.783. The van der Waals surface area contributed by atoms with E-state index in [4.69, 9.17) is 0 Å². The molecule has 0 radical (unpaired) electrons. The van der Waals surface area contributed by atoms with Crippen molar-refractivity contribution in [2.45, 2.75) is 17.7 Å². The summed E-state index contributed by atoms with van der Waals surface area (Å²) in [6.07, 6.45) is 1.44. The molecule has 0 aromatic heterocycles. The Morgan fingerprint density at radius 1 is 1.00 bits per heavy atom. The van der Waals surface area contributed by atoms with Gasteiger partial charge in [0.1, 0.15) is 0 Å². The second-order valence-corrected chi connectivity index (χ2v) is 8.32. The van der Waals surface area contributed by atoms with Gasteiger partial charge in [-0.2, -0.15) is 16.1 Å². The van der Waals surface area contributed by atoms with Gasteiger partial charge in [0.15, 0.2) is 0 Å². The lowest BCUT2D eigenvalue weighted by Gasteiger charge is -2.25. The summed E-state index contributed by atoms with van der Waals surface area (Å²) >= 11 is 1.78. The van der Waals surface area contributed by atoms with Gasteiger partial charge in [0, 0.05) is 43.2 Å². The molecule has 0 N–H and O–H groups in total. The van der Waals surface area contributed by atoms with Crippen molar-refractivity contribution < 1.29 is 13.2 Å². The quantitative estimate of drug-likeness (QED) is 0.846. The number of hydrogen-bond donors (Lipinski definition) is 0. The van der Waals surface area contributed by atoms with Crippen LogP contribution in [0.15, 0.2) is 29.2 Å². The summed E-state index contributed by atoms with van der Waals surface area (Å²) in [5.74, 6) is 1.80. The van der Waals surface area contributed by atoms with E-state index in [9.17, 15) is 13.2 Å². The fraction of sp³-hybridized carbons (Fsp3) is 0.500. The Kier molecular flexibility index (Phi) is 4.24. The first-order valence-corrected chi connectivity index (χ1v) is 9.67. The van der Waals surface area contributed by atoms with E-state index in [1.54, 1.807) is 45.2 Å². The van der Waals surface area contributed by atoms with Gasteiger partial charge in [-0.3, -0.25) is 4.79 Å². The normalized spacial score (nSPS) is 21.0. The maximum absolute atomic E-state index is 12.5. The molecule has 0 unspecified atom stereocenters. The van der Waals surface area contributed by atoms with Crippen LogP contribution in [0.5, 0.6) is 0 Å². The van der Waals surface area contributed by atoms with E-state index in [0.29, 0.717) is 31.0 Å². The molecule has 1 amide bonds. The summed E-state index contributed by atoms with van der Waals surface area (Å²) in [4.78, 5) is 13.7. The Morgan fingerprint density at radius 3 is 2.24 bits per heavy atom. The molecular formula is C14H18N2O3S2. The van der Waals surface area contributed by atoms with Crippen molar-refractivity contribution >= 4 is 33.4 Å². The highest BCUT2D eigenvalue weighted by Crippen LogP contribution is 2.25. The van der Waals surface area contributed by atoms with Gasteiger partial charge >= 0.3 is 0 Å². The highest BCUT2D eigenvalue weighted by Gasteiger charge is 2.27. The predicted octanol–water partition coefficient (Wildman–Crippen LogP) is 1.55. The van der Waals surface area contributed by atoms with Crippen molar-refractivity contribution in [3.05, 3.63) is 24.3 Å². The molecule has 5 nitrogen and oxygen atoms in total. The fourth-order valence-corrected chi connectivity index (χ4v) is 5.23. The Balaban J connectivity index is 1.81. The van der Waals surface area contributed by atoms with E-state index in [2.05, 4.69) is 0 Å². The first kappa shape index (κ1) is 14.9. The molecule has 2 aliphatic rings. The lowest BCUT2D eigenvalue weighted by molar-refractivity contribution is -0.117. The molecule has 0 bridgehead atoms. The minimum Gasteiger partial charge on any atom is -0.312 e. The number of carbonyl (C=O) groups excluding carboxylic acids is 1. The number of rotatable bonds is 3. The zero-order valence-electron chi connectivity index (χ0n) is 11.7. The summed E-state index contributed by atoms with van der Waals surface area (Å²) < 4.78 is 26.6. The number of benzene rings is 1. The molecule has 2 saturated heterocycles. The SMILES string of the molecule is O=C1CCCN1c1ccc(S(=O)(=O)N2CCSCC2)cc1. The first-order valence-electron chi connectivity index (χ1n) is 7.07. The molecule has 7 heteroatoms. The molecule has 2 heterocycles. The van der Waals surface area contributed by atoms with Gasteiger partial charge in [0.2, 0.25) is 15.9 Å². The van der Waals surface area contributed by atoms with Gasteiger partial charge in [0.25, 0.3) is 0 Å². The van der Waals surface area contributed by atoms with Crippen molar-refractivity contribution in [1.82, 2.24) is 4.31 Å². The van der Waals surface area contributed by atoms with E-state index in [0.717, 1.165) is 23.6 Å². The summed E-state index contributed by atoms with van der Waals surface area (Å²) in [6, 6.07) is 6.68. The summed E-state index contributed by atoms with van der Waals surface area (Å²) in [6.45, 7) is 1.85. The van der Waals surface area contributed by atoms with Crippen LogP contribution in [-0.2, 0) is 14.8 Å². The van der Waals surface area contributed by atoms with Crippen molar-refractivity contribution in [3.63, 3.8) is 0 Å².